The van der Waals surface area contributed by atoms with E-state index in [1.807, 2.05) is 0 Å². The second-order valence-corrected chi connectivity index (χ2v) is 6.67. The van der Waals surface area contributed by atoms with E-state index in [1.165, 1.54) is 25.3 Å². The number of carbonyl (C=O) groups excluding carboxylic acids is 1. The Balaban J connectivity index is 2.17. The Kier molecular flexibility index (Phi) is 8.50. The minimum atomic E-state index is -4.54. The molecule has 0 heterocycles. The van der Waals surface area contributed by atoms with Crippen molar-refractivity contribution in [3.05, 3.63) is 59.2 Å². The molecule has 0 aliphatic carbocycles. The lowest BCUT2D eigenvalue weighted by Gasteiger charge is -2.11. The van der Waals surface area contributed by atoms with Crippen molar-refractivity contribution in [1.82, 2.24) is 0 Å². The first-order valence-electron chi connectivity index (χ1n) is 9.69. The van der Waals surface area contributed by atoms with Crippen LogP contribution in [0.15, 0.2) is 48.0 Å². The largest absolute Gasteiger partial charge is 0.493 e. The van der Waals surface area contributed by atoms with Crippen molar-refractivity contribution in [2.75, 3.05) is 19.0 Å². The maximum Gasteiger partial charge on any atom is 0.416 e. The molecule has 0 saturated carbocycles. The summed E-state index contributed by atoms with van der Waals surface area (Å²) in [5, 5.41) is 11.7. The molecule has 0 atom stereocenters. The number of ether oxygens (including phenoxy) is 2. The molecule has 0 unspecified atom stereocenters. The van der Waals surface area contributed by atoms with Gasteiger partial charge >= 0.3 is 6.18 Å². The van der Waals surface area contributed by atoms with Gasteiger partial charge in [-0.3, -0.25) is 4.79 Å². The zero-order valence-corrected chi connectivity index (χ0v) is 17.3. The van der Waals surface area contributed by atoms with Crippen molar-refractivity contribution in [2.45, 2.75) is 32.4 Å². The minimum Gasteiger partial charge on any atom is -0.493 e. The van der Waals surface area contributed by atoms with Crippen LogP contribution in [0.5, 0.6) is 11.5 Å². The van der Waals surface area contributed by atoms with Gasteiger partial charge in [0.25, 0.3) is 5.91 Å². The van der Waals surface area contributed by atoms with E-state index in [4.69, 9.17) is 9.47 Å². The molecule has 0 aliphatic rings. The van der Waals surface area contributed by atoms with Crippen LogP contribution in [0.25, 0.3) is 6.08 Å². The van der Waals surface area contributed by atoms with Gasteiger partial charge in [0, 0.05) is 5.69 Å². The zero-order valence-electron chi connectivity index (χ0n) is 17.3. The van der Waals surface area contributed by atoms with Crippen LogP contribution >= 0.6 is 0 Å². The third-order valence-corrected chi connectivity index (χ3v) is 4.32. The highest BCUT2D eigenvalue weighted by atomic mass is 19.4. The van der Waals surface area contributed by atoms with E-state index in [0.29, 0.717) is 23.7 Å². The number of nitriles is 1. The van der Waals surface area contributed by atoms with Gasteiger partial charge in [0.2, 0.25) is 0 Å². The lowest BCUT2D eigenvalue weighted by molar-refractivity contribution is -0.137. The number of anilines is 1. The maximum atomic E-state index is 12.8. The Morgan fingerprint density at radius 2 is 1.94 bits per heavy atom. The summed E-state index contributed by atoms with van der Waals surface area (Å²) in [5.74, 6) is 0.171. The highest BCUT2D eigenvalue weighted by Gasteiger charge is 2.30. The quantitative estimate of drug-likeness (QED) is 0.308. The van der Waals surface area contributed by atoms with E-state index in [1.54, 1.807) is 24.3 Å². The van der Waals surface area contributed by atoms with Gasteiger partial charge < -0.3 is 14.8 Å². The molecular formula is C23H23F3N2O3. The standard InChI is InChI=1S/C23H23F3N2O3/c1-3-4-5-11-31-20-10-9-16(13-21(20)30-2)12-17(15-27)22(29)28-19-8-6-7-18(14-19)23(24,25)26/h6-10,12-14H,3-5,11H2,1-2H3,(H,28,29). The van der Waals surface area contributed by atoms with Gasteiger partial charge in [-0.25, -0.2) is 0 Å². The summed E-state index contributed by atoms with van der Waals surface area (Å²) in [6.45, 7) is 2.64. The average molecular weight is 432 g/mol. The summed E-state index contributed by atoms with van der Waals surface area (Å²) >= 11 is 0. The van der Waals surface area contributed by atoms with Crippen LogP contribution in [0.2, 0.25) is 0 Å². The number of benzene rings is 2. The Morgan fingerprint density at radius 3 is 2.58 bits per heavy atom. The van der Waals surface area contributed by atoms with Crippen molar-refractivity contribution in [1.29, 1.82) is 5.26 Å². The molecule has 0 saturated heterocycles. The van der Waals surface area contributed by atoms with Crippen molar-refractivity contribution >= 4 is 17.7 Å². The number of halogens is 3. The molecule has 2 aromatic rings. The van der Waals surface area contributed by atoms with Crippen molar-refractivity contribution in [3.8, 4) is 17.6 Å². The van der Waals surface area contributed by atoms with Crippen molar-refractivity contribution in [2.24, 2.45) is 0 Å². The Labute approximate surface area is 179 Å². The van der Waals surface area contributed by atoms with E-state index in [0.717, 1.165) is 31.4 Å². The number of unbranched alkanes of at least 4 members (excludes halogenated alkanes) is 2. The molecule has 0 aromatic heterocycles. The van der Waals surface area contributed by atoms with Crippen LogP contribution in [-0.2, 0) is 11.0 Å². The van der Waals surface area contributed by atoms with Crippen LogP contribution in [0.3, 0.4) is 0 Å². The van der Waals surface area contributed by atoms with Gasteiger partial charge in [0.15, 0.2) is 11.5 Å². The van der Waals surface area contributed by atoms with Gasteiger partial charge in [-0.1, -0.05) is 31.9 Å². The lowest BCUT2D eigenvalue weighted by atomic mass is 10.1. The van der Waals surface area contributed by atoms with Crippen LogP contribution in [0.1, 0.15) is 37.3 Å². The monoisotopic (exact) mass is 432 g/mol. The molecule has 31 heavy (non-hydrogen) atoms. The topological polar surface area (TPSA) is 71.3 Å². The molecule has 0 radical (unpaired) electrons. The van der Waals surface area contributed by atoms with Gasteiger partial charge in [-0.15, -0.1) is 0 Å². The summed E-state index contributed by atoms with van der Waals surface area (Å²) in [7, 11) is 1.48. The number of nitrogens with zero attached hydrogens (tertiary/aromatic N) is 1. The second kappa shape index (κ2) is 11.1. The van der Waals surface area contributed by atoms with Gasteiger partial charge in [0.05, 0.1) is 19.3 Å². The van der Waals surface area contributed by atoms with Gasteiger partial charge in [-0.05, 0) is 48.4 Å². The lowest BCUT2D eigenvalue weighted by Crippen LogP contribution is -2.14. The molecule has 0 fully saturated rings. The summed E-state index contributed by atoms with van der Waals surface area (Å²) in [6.07, 6.45) is -0.174. The normalized spacial score (nSPS) is 11.5. The predicted octanol–water partition coefficient (Wildman–Crippen LogP) is 5.83. The molecule has 164 valence electrons. The molecule has 2 rings (SSSR count). The molecule has 0 spiro atoms. The molecule has 2 aromatic carbocycles. The van der Waals surface area contributed by atoms with Crippen LogP contribution in [-0.4, -0.2) is 19.6 Å². The molecule has 0 bridgehead atoms. The van der Waals surface area contributed by atoms with E-state index in [2.05, 4.69) is 12.2 Å². The molecule has 8 heteroatoms. The summed E-state index contributed by atoms with van der Waals surface area (Å²) in [6, 6.07) is 10.9. The van der Waals surface area contributed by atoms with E-state index in [9.17, 15) is 23.2 Å². The third-order valence-electron chi connectivity index (χ3n) is 4.32. The highest BCUT2D eigenvalue weighted by Crippen LogP contribution is 2.31. The van der Waals surface area contributed by atoms with Crippen LogP contribution in [0.4, 0.5) is 18.9 Å². The van der Waals surface area contributed by atoms with E-state index in [-0.39, 0.29) is 11.3 Å². The SMILES string of the molecule is CCCCCOc1ccc(C=C(C#N)C(=O)Nc2cccc(C(F)(F)F)c2)cc1OC. The van der Waals surface area contributed by atoms with Gasteiger partial charge in [-0.2, -0.15) is 18.4 Å². The van der Waals surface area contributed by atoms with E-state index < -0.39 is 17.6 Å². The Morgan fingerprint density at radius 1 is 1.16 bits per heavy atom. The average Bonchev–Trinajstić information content (AvgIpc) is 2.75. The molecule has 1 amide bonds. The van der Waals surface area contributed by atoms with Crippen LogP contribution in [0, 0.1) is 11.3 Å². The molecular weight excluding hydrogens is 409 g/mol. The molecule has 5 nitrogen and oxygen atoms in total. The highest BCUT2D eigenvalue weighted by molar-refractivity contribution is 6.09. The number of hydrogen-bond donors (Lipinski definition) is 1. The second-order valence-electron chi connectivity index (χ2n) is 6.67. The summed E-state index contributed by atoms with van der Waals surface area (Å²) < 4.78 is 49.5. The fourth-order valence-corrected chi connectivity index (χ4v) is 2.71. The van der Waals surface area contributed by atoms with Crippen molar-refractivity contribution in [3.63, 3.8) is 0 Å². The third kappa shape index (κ3) is 7.07. The molecule has 0 aliphatic heterocycles. The van der Waals surface area contributed by atoms with Crippen LogP contribution < -0.4 is 14.8 Å². The minimum absolute atomic E-state index is 0.0608. The Hall–Kier alpha value is -3.47. The number of nitrogens with one attached hydrogen (secondary N) is 1. The number of rotatable bonds is 9. The molecule has 1 N–H and O–H groups in total. The zero-order chi connectivity index (χ0) is 22.9. The number of carbonyl (C=O) groups is 1. The fraction of sp³-hybridized carbons (Fsp3) is 0.304. The predicted molar refractivity (Wildman–Crippen MR) is 112 cm³/mol. The van der Waals surface area contributed by atoms with Crippen molar-refractivity contribution < 1.29 is 27.4 Å². The first-order valence-corrected chi connectivity index (χ1v) is 9.69. The number of alkyl halides is 3. The van der Waals surface area contributed by atoms with Gasteiger partial charge in [0.1, 0.15) is 11.6 Å². The van der Waals surface area contributed by atoms with E-state index >= 15 is 0 Å². The first kappa shape index (κ1) is 23.8. The Bertz CT molecular complexity index is 979. The number of amides is 1. The first-order chi connectivity index (χ1) is 14.8. The smallest absolute Gasteiger partial charge is 0.416 e. The fourth-order valence-electron chi connectivity index (χ4n) is 2.71. The number of methoxy groups -OCH3 is 1. The maximum absolute atomic E-state index is 12.8. The number of hydrogen-bond acceptors (Lipinski definition) is 4. The summed E-state index contributed by atoms with van der Waals surface area (Å²) in [4.78, 5) is 12.4. The summed E-state index contributed by atoms with van der Waals surface area (Å²) in [5.41, 5.74) is -0.717.